The molecule has 174 valence electrons. The van der Waals surface area contributed by atoms with Crippen molar-refractivity contribution in [1.82, 2.24) is 10.6 Å². The highest BCUT2D eigenvalue weighted by Crippen LogP contribution is 2.22. The van der Waals surface area contributed by atoms with Crippen molar-refractivity contribution in [2.24, 2.45) is 23.3 Å². The van der Waals surface area contributed by atoms with E-state index < -0.39 is 47.9 Å². The third-order valence-electron chi connectivity index (χ3n) is 3.90. The summed E-state index contributed by atoms with van der Waals surface area (Å²) in [7, 11) is 2.46. The molecule has 0 aromatic carbocycles. The van der Waals surface area contributed by atoms with E-state index in [0.29, 0.717) is 12.8 Å². The number of carboxylic acid groups (broad SMARTS) is 2. The first-order chi connectivity index (χ1) is 13.8. The van der Waals surface area contributed by atoms with Gasteiger partial charge >= 0.3 is 11.9 Å². The summed E-state index contributed by atoms with van der Waals surface area (Å²) in [6.07, 6.45) is 0.599. The largest absolute Gasteiger partial charge is 0.480 e. The molecule has 0 fully saturated rings. The number of nitrogens with one attached hydrogen (secondary N) is 2. The van der Waals surface area contributed by atoms with Crippen molar-refractivity contribution in [1.29, 1.82) is 0 Å². The number of carbonyl (C=O) groups is 4. The highest BCUT2D eigenvalue weighted by atomic mass is 33.1. The van der Waals surface area contributed by atoms with Gasteiger partial charge in [0.15, 0.2) is 0 Å². The van der Waals surface area contributed by atoms with Gasteiger partial charge < -0.3 is 32.3 Å². The number of carbonyl (C=O) groups excluding carboxylic acids is 2. The lowest BCUT2D eigenvalue weighted by atomic mass is 10.0. The Morgan fingerprint density at radius 3 is 1.27 bits per heavy atom. The summed E-state index contributed by atoms with van der Waals surface area (Å²) in [5.74, 6) is -2.75. The minimum atomic E-state index is -1.11. The molecule has 0 saturated carbocycles. The summed E-state index contributed by atoms with van der Waals surface area (Å²) in [5.41, 5.74) is 11.6. The zero-order chi connectivity index (χ0) is 23.4. The maximum absolute atomic E-state index is 12.1. The Bertz CT molecular complexity index is 541. The molecular weight excluding hydrogens is 432 g/mol. The molecule has 10 nitrogen and oxygen atoms in total. The molecular formula is C18H34N4O6S2. The van der Waals surface area contributed by atoms with Crippen LogP contribution in [0.3, 0.4) is 0 Å². The first-order valence-electron chi connectivity index (χ1n) is 9.67. The highest BCUT2D eigenvalue weighted by Gasteiger charge is 2.25. The SMILES string of the molecule is CC(C)CC(NC(=O)C(N)CSSCC(N)C(=O)NC(CC(C)C)C(=O)O)C(=O)O. The molecule has 0 aliphatic rings. The van der Waals surface area contributed by atoms with E-state index in [0.717, 1.165) is 0 Å². The average molecular weight is 467 g/mol. The van der Waals surface area contributed by atoms with Gasteiger partial charge in [0.1, 0.15) is 12.1 Å². The van der Waals surface area contributed by atoms with Gasteiger partial charge in [0, 0.05) is 11.5 Å². The Morgan fingerprint density at radius 2 is 1.03 bits per heavy atom. The number of hydrogen-bond donors (Lipinski definition) is 6. The predicted octanol–water partition coefficient (Wildman–Crippen LogP) is 0.253. The lowest BCUT2D eigenvalue weighted by molar-refractivity contribution is -0.142. The minimum Gasteiger partial charge on any atom is -0.480 e. The predicted molar refractivity (Wildman–Crippen MR) is 119 cm³/mol. The van der Waals surface area contributed by atoms with Crippen LogP contribution in [0.1, 0.15) is 40.5 Å². The summed E-state index contributed by atoms with van der Waals surface area (Å²) in [6, 6.07) is -3.81. The van der Waals surface area contributed by atoms with Gasteiger partial charge in [-0.05, 0) is 24.7 Å². The Morgan fingerprint density at radius 1 is 0.733 bits per heavy atom. The van der Waals surface area contributed by atoms with Crippen LogP contribution >= 0.6 is 21.6 Å². The molecule has 0 bridgehead atoms. The molecule has 0 aliphatic carbocycles. The normalized spacial score (nSPS) is 15.3. The zero-order valence-electron chi connectivity index (χ0n) is 17.8. The van der Waals surface area contributed by atoms with Crippen LogP contribution in [-0.4, -0.2) is 69.6 Å². The van der Waals surface area contributed by atoms with E-state index in [1.807, 2.05) is 27.7 Å². The smallest absolute Gasteiger partial charge is 0.326 e. The van der Waals surface area contributed by atoms with Crippen molar-refractivity contribution in [2.75, 3.05) is 11.5 Å². The molecule has 0 rings (SSSR count). The number of carboxylic acids is 2. The van der Waals surface area contributed by atoms with Gasteiger partial charge in [-0.15, -0.1) is 0 Å². The molecule has 0 saturated heterocycles. The molecule has 0 heterocycles. The number of hydrogen-bond acceptors (Lipinski definition) is 8. The Hall–Kier alpha value is -1.50. The summed E-state index contributed by atoms with van der Waals surface area (Å²) in [4.78, 5) is 46.6. The van der Waals surface area contributed by atoms with Gasteiger partial charge in [-0.2, -0.15) is 0 Å². The maximum Gasteiger partial charge on any atom is 0.326 e. The van der Waals surface area contributed by atoms with Gasteiger partial charge in [0.05, 0.1) is 12.1 Å². The van der Waals surface area contributed by atoms with Crippen LogP contribution < -0.4 is 22.1 Å². The van der Waals surface area contributed by atoms with Crippen LogP contribution in [0, 0.1) is 11.8 Å². The van der Waals surface area contributed by atoms with Crippen molar-refractivity contribution in [3.05, 3.63) is 0 Å². The van der Waals surface area contributed by atoms with Gasteiger partial charge in [-0.3, -0.25) is 9.59 Å². The van der Waals surface area contributed by atoms with Crippen molar-refractivity contribution in [3.8, 4) is 0 Å². The molecule has 0 aromatic rings. The van der Waals surface area contributed by atoms with E-state index in [9.17, 15) is 29.4 Å². The minimum absolute atomic E-state index is 0.0986. The first-order valence-corrected chi connectivity index (χ1v) is 12.2. The van der Waals surface area contributed by atoms with Crippen LogP contribution in [0.25, 0.3) is 0 Å². The fraction of sp³-hybridized carbons (Fsp3) is 0.778. The molecule has 30 heavy (non-hydrogen) atoms. The molecule has 12 heteroatoms. The van der Waals surface area contributed by atoms with Gasteiger partial charge in [0.2, 0.25) is 11.8 Å². The van der Waals surface area contributed by atoms with Crippen LogP contribution in [0.4, 0.5) is 0 Å². The molecule has 4 unspecified atom stereocenters. The van der Waals surface area contributed by atoms with Gasteiger partial charge in [0.25, 0.3) is 0 Å². The molecule has 0 radical (unpaired) electrons. The maximum atomic E-state index is 12.1. The van der Waals surface area contributed by atoms with Crippen LogP contribution in [0.2, 0.25) is 0 Å². The van der Waals surface area contributed by atoms with E-state index in [-0.39, 0.29) is 23.3 Å². The standard InChI is InChI=1S/C18H34N4O6S2/c1-9(2)5-13(17(25)26)21-15(23)11(19)7-29-30-8-12(20)16(24)22-14(18(27)28)6-10(3)4/h9-14H,5-8,19-20H2,1-4H3,(H,21,23)(H,22,24)(H,25,26)(H,27,28). The zero-order valence-corrected chi connectivity index (χ0v) is 19.4. The van der Waals surface area contributed by atoms with Crippen LogP contribution in [-0.2, 0) is 19.2 Å². The van der Waals surface area contributed by atoms with Crippen molar-refractivity contribution in [2.45, 2.75) is 64.7 Å². The Balaban J connectivity index is 4.36. The quantitative estimate of drug-likeness (QED) is 0.144. The van der Waals surface area contributed by atoms with Crippen molar-refractivity contribution >= 4 is 45.3 Å². The second-order valence-electron chi connectivity index (χ2n) is 7.84. The molecule has 0 aliphatic heterocycles. The molecule has 4 atom stereocenters. The third kappa shape index (κ3) is 12.3. The fourth-order valence-corrected chi connectivity index (χ4v) is 4.58. The topological polar surface area (TPSA) is 185 Å². The lowest BCUT2D eigenvalue weighted by Crippen LogP contribution is -2.50. The van der Waals surface area contributed by atoms with E-state index in [2.05, 4.69) is 10.6 Å². The molecule has 0 spiro atoms. The van der Waals surface area contributed by atoms with Crippen LogP contribution in [0.5, 0.6) is 0 Å². The second kappa shape index (κ2) is 14.5. The number of rotatable bonds is 15. The van der Waals surface area contributed by atoms with E-state index >= 15 is 0 Å². The van der Waals surface area contributed by atoms with Crippen molar-refractivity contribution in [3.63, 3.8) is 0 Å². The third-order valence-corrected chi connectivity index (χ3v) is 6.37. The number of nitrogens with two attached hydrogens (primary N) is 2. The monoisotopic (exact) mass is 466 g/mol. The molecule has 0 aromatic heterocycles. The summed E-state index contributed by atoms with van der Waals surface area (Å²) in [6.45, 7) is 7.43. The summed E-state index contributed by atoms with van der Waals surface area (Å²) >= 11 is 0. The van der Waals surface area contributed by atoms with Crippen LogP contribution in [0.15, 0.2) is 0 Å². The molecule has 8 N–H and O–H groups in total. The van der Waals surface area contributed by atoms with E-state index in [1.165, 1.54) is 21.6 Å². The fourth-order valence-electron chi connectivity index (χ4n) is 2.34. The second-order valence-corrected chi connectivity index (χ2v) is 10.4. The summed E-state index contributed by atoms with van der Waals surface area (Å²) in [5, 5.41) is 23.2. The number of amides is 2. The van der Waals surface area contributed by atoms with Gasteiger partial charge in [-0.1, -0.05) is 49.3 Å². The first kappa shape index (κ1) is 28.5. The molecule has 2 amide bonds. The Labute approximate surface area is 185 Å². The summed E-state index contributed by atoms with van der Waals surface area (Å²) < 4.78 is 0. The van der Waals surface area contributed by atoms with E-state index in [4.69, 9.17) is 11.5 Å². The number of aliphatic carboxylic acids is 2. The van der Waals surface area contributed by atoms with Crippen molar-refractivity contribution < 1.29 is 29.4 Å². The van der Waals surface area contributed by atoms with Gasteiger partial charge in [-0.25, -0.2) is 9.59 Å². The van der Waals surface area contributed by atoms with E-state index in [1.54, 1.807) is 0 Å². The lowest BCUT2D eigenvalue weighted by Gasteiger charge is -2.20. The highest BCUT2D eigenvalue weighted by molar-refractivity contribution is 8.76. The Kier molecular flexibility index (Phi) is 13.8. The average Bonchev–Trinajstić information content (AvgIpc) is 2.62.